The summed E-state index contributed by atoms with van der Waals surface area (Å²) in [6.45, 7) is 4.20. The number of aromatic nitrogens is 2. The van der Waals surface area contributed by atoms with Gasteiger partial charge in [0.25, 0.3) is 0 Å². The van der Waals surface area contributed by atoms with Gasteiger partial charge in [-0.25, -0.2) is 9.97 Å². The number of hydrogen-bond acceptors (Lipinski definition) is 5. The Bertz CT molecular complexity index is 541. The molecule has 96 valence electrons. The van der Waals surface area contributed by atoms with Gasteiger partial charge in [0.05, 0.1) is 22.4 Å². The first-order valence-corrected chi connectivity index (χ1v) is 7.33. The zero-order valence-electron chi connectivity index (χ0n) is 10.3. The van der Waals surface area contributed by atoms with Crippen molar-refractivity contribution in [1.29, 1.82) is 0 Å². The van der Waals surface area contributed by atoms with Crippen molar-refractivity contribution in [3.8, 4) is 0 Å². The summed E-state index contributed by atoms with van der Waals surface area (Å²) in [7, 11) is 0. The van der Waals surface area contributed by atoms with E-state index >= 15 is 0 Å². The predicted molar refractivity (Wildman–Crippen MR) is 79.9 cm³/mol. The molecule has 0 aliphatic heterocycles. The molecule has 0 saturated heterocycles. The number of nitrogens with zero attached hydrogens (tertiary/aromatic N) is 2. The maximum atomic E-state index is 5.66. The van der Waals surface area contributed by atoms with Gasteiger partial charge in [0, 0.05) is 11.1 Å². The molecule has 6 heteroatoms. The first-order chi connectivity index (χ1) is 8.60. The summed E-state index contributed by atoms with van der Waals surface area (Å²) < 4.78 is 0.863. The van der Waals surface area contributed by atoms with E-state index in [-0.39, 0.29) is 6.04 Å². The van der Waals surface area contributed by atoms with Crippen molar-refractivity contribution in [2.24, 2.45) is 0 Å². The van der Waals surface area contributed by atoms with Crippen LogP contribution in [0.2, 0.25) is 0 Å². The van der Waals surface area contributed by atoms with E-state index in [9.17, 15) is 0 Å². The SMILES string of the molecule is CCc1cnc(C(C)Nc2ncc(N)cc2Br)s1. The summed E-state index contributed by atoms with van der Waals surface area (Å²) in [4.78, 5) is 9.98. The van der Waals surface area contributed by atoms with Crippen LogP contribution in [0, 0.1) is 0 Å². The molecule has 18 heavy (non-hydrogen) atoms. The highest BCUT2D eigenvalue weighted by Crippen LogP contribution is 2.27. The van der Waals surface area contributed by atoms with E-state index in [1.54, 1.807) is 17.5 Å². The maximum absolute atomic E-state index is 5.66. The van der Waals surface area contributed by atoms with Gasteiger partial charge in [-0.1, -0.05) is 6.92 Å². The zero-order chi connectivity index (χ0) is 13.1. The average molecular weight is 327 g/mol. The third kappa shape index (κ3) is 3.00. The molecule has 2 rings (SSSR count). The van der Waals surface area contributed by atoms with Crippen molar-refractivity contribution in [3.63, 3.8) is 0 Å². The number of nitrogens with one attached hydrogen (secondary N) is 1. The third-order valence-electron chi connectivity index (χ3n) is 2.51. The highest BCUT2D eigenvalue weighted by Gasteiger charge is 2.12. The molecular weight excluding hydrogens is 312 g/mol. The van der Waals surface area contributed by atoms with Gasteiger partial charge in [-0.3, -0.25) is 0 Å². The molecule has 4 nitrogen and oxygen atoms in total. The van der Waals surface area contributed by atoms with Crippen LogP contribution in [0.3, 0.4) is 0 Å². The number of pyridine rings is 1. The molecule has 1 atom stereocenters. The second-order valence-corrected chi connectivity index (χ2v) is 5.98. The van der Waals surface area contributed by atoms with Crippen LogP contribution in [0.5, 0.6) is 0 Å². The lowest BCUT2D eigenvalue weighted by Crippen LogP contribution is -2.08. The largest absolute Gasteiger partial charge is 0.397 e. The molecule has 1 unspecified atom stereocenters. The Labute approximate surface area is 119 Å². The Morgan fingerprint density at radius 1 is 1.44 bits per heavy atom. The molecule has 0 bridgehead atoms. The Morgan fingerprint density at radius 2 is 2.22 bits per heavy atom. The van der Waals surface area contributed by atoms with E-state index in [2.05, 4.69) is 45.1 Å². The Kier molecular flexibility index (Phi) is 4.19. The molecule has 0 radical (unpaired) electrons. The molecule has 0 aliphatic rings. The minimum atomic E-state index is 0.128. The van der Waals surface area contributed by atoms with Gasteiger partial charge in [-0.05, 0) is 35.3 Å². The second-order valence-electron chi connectivity index (χ2n) is 3.98. The maximum Gasteiger partial charge on any atom is 0.140 e. The van der Waals surface area contributed by atoms with E-state index in [0.717, 1.165) is 21.7 Å². The number of rotatable bonds is 4. The Hall–Kier alpha value is -1.14. The summed E-state index contributed by atoms with van der Waals surface area (Å²) >= 11 is 5.17. The van der Waals surface area contributed by atoms with E-state index in [1.807, 2.05) is 12.3 Å². The molecule has 0 saturated carbocycles. The highest BCUT2D eigenvalue weighted by molar-refractivity contribution is 9.10. The number of halogens is 1. The lowest BCUT2D eigenvalue weighted by Gasteiger charge is -2.13. The monoisotopic (exact) mass is 326 g/mol. The van der Waals surface area contributed by atoms with Crippen molar-refractivity contribution in [2.75, 3.05) is 11.1 Å². The minimum absolute atomic E-state index is 0.128. The van der Waals surface area contributed by atoms with Gasteiger partial charge in [-0.15, -0.1) is 11.3 Å². The normalized spacial score (nSPS) is 12.4. The van der Waals surface area contributed by atoms with Gasteiger partial charge in [0.1, 0.15) is 10.8 Å². The Morgan fingerprint density at radius 3 is 2.83 bits per heavy atom. The van der Waals surface area contributed by atoms with Gasteiger partial charge in [0.2, 0.25) is 0 Å². The van der Waals surface area contributed by atoms with Gasteiger partial charge >= 0.3 is 0 Å². The van der Waals surface area contributed by atoms with Crippen LogP contribution in [0.4, 0.5) is 11.5 Å². The summed E-state index contributed by atoms with van der Waals surface area (Å²) in [5, 5.41) is 4.39. The number of nitrogens with two attached hydrogens (primary N) is 1. The first kappa shape index (κ1) is 13.3. The van der Waals surface area contributed by atoms with E-state index < -0.39 is 0 Å². The molecule has 0 fully saturated rings. The fourth-order valence-corrected chi connectivity index (χ4v) is 2.85. The molecule has 0 aromatic carbocycles. The van der Waals surface area contributed by atoms with Crippen LogP contribution < -0.4 is 11.1 Å². The predicted octanol–water partition coefficient (Wildman–Crippen LogP) is 3.62. The Balaban J connectivity index is 2.13. The topological polar surface area (TPSA) is 63.8 Å². The van der Waals surface area contributed by atoms with Crippen LogP contribution in [0.15, 0.2) is 22.9 Å². The number of nitrogen functional groups attached to an aromatic ring is 1. The lowest BCUT2D eigenvalue weighted by atomic mass is 10.3. The third-order valence-corrected chi connectivity index (χ3v) is 4.43. The van der Waals surface area contributed by atoms with Crippen LogP contribution >= 0.6 is 27.3 Å². The molecule has 0 spiro atoms. The second kappa shape index (κ2) is 5.67. The number of aryl methyl sites for hydroxylation is 1. The van der Waals surface area contributed by atoms with Crippen LogP contribution in [0.25, 0.3) is 0 Å². The van der Waals surface area contributed by atoms with Crippen molar-refractivity contribution in [2.45, 2.75) is 26.3 Å². The summed E-state index contributed by atoms with van der Waals surface area (Å²) in [6, 6.07) is 1.96. The highest BCUT2D eigenvalue weighted by atomic mass is 79.9. The van der Waals surface area contributed by atoms with Gasteiger partial charge < -0.3 is 11.1 Å². The van der Waals surface area contributed by atoms with Gasteiger partial charge in [0.15, 0.2) is 0 Å². The van der Waals surface area contributed by atoms with Crippen molar-refractivity contribution in [1.82, 2.24) is 9.97 Å². The molecule has 0 amide bonds. The summed E-state index contributed by atoms with van der Waals surface area (Å²) in [5.41, 5.74) is 6.30. The van der Waals surface area contributed by atoms with Crippen LogP contribution in [-0.4, -0.2) is 9.97 Å². The zero-order valence-corrected chi connectivity index (χ0v) is 12.7. The van der Waals surface area contributed by atoms with Gasteiger partial charge in [-0.2, -0.15) is 0 Å². The average Bonchev–Trinajstić information content (AvgIpc) is 2.81. The van der Waals surface area contributed by atoms with Crippen molar-refractivity contribution < 1.29 is 0 Å². The summed E-state index contributed by atoms with van der Waals surface area (Å²) in [5.74, 6) is 0.782. The van der Waals surface area contributed by atoms with Crippen LogP contribution in [-0.2, 0) is 6.42 Å². The smallest absolute Gasteiger partial charge is 0.140 e. The van der Waals surface area contributed by atoms with E-state index in [0.29, 0.717) is 5.69 Å². The number of anilines is 2. The number of hydrogen-bond donors (Lipinski definition) is 2. The molecule has 0 aliphatic carbocycles. The standard InChI is InChI=1S/C12H15BrN4S/c1-3-9-6-16-12(18-9)7(2)17-11-10(13)4-8(14)5-15-11/h4-7H,3,14H2,1-2H3,(H,15,17). The molecule has 3 N–H and O–H groups in total. The quantitative estimate of drug-likeness (QED) is 0.900. The molecule has 2 aromatic heterocycles. The lowest BCUT2D eigenvalue weighted by molar-refractivity contribution is 0.859. The molecular formula is C12H15BrN4S. The number of thiazole rings is 1. The fourth-order valence-electron chi connectivity index (χ4n) is 1.51. The van der Waals surface area contributed by atoms with E-state index in [4.69, 9.17) is 5.73 Å². The first-order valence-electron chi connectivity index (χ1n) is 5.72. The molecule has 2 heterocycles. The fraction of sp³-hybridized carbons (Fsp3) is 0.333. The van der Waals surface area contributed by atoms with Crippen LogP contribution in [0.1, 0.15) is 29.8 Å². The molecule has 2 aromatic rings. The minimum Gasteiger partial charge on any atom is -0.397 e. The van der Waals surface area contributed by atoms with E-state index in [1.165, 1.54) is 4.88 Å². The van der Waals surface area contributed by atoms with Crippen molar-refractivity contribution >= 4 is 38.8 Å². The summed E-state index contributed by atoms with van der Waals surface area (Å²) in [6.07, 6.45) is 4.59. The van der Waals surface area contributed by atoms with Crippen molar-refractivity contribution in [3.05, 3.63) is 32.8 Å².